The Bertz CT molecular complexity index is 1020. The number of hydrogen-bond acceptors (Lipinski definition) is 5. The van der Waals surface area contributed by atoms with Crippen LogP contribution in [0.25, 0.3) is 0 Å². The topological polar surface area (TPSA) is 100 Å². The number of aromatic nitrogens is 3. The average Bonchev–Trinajstić information content (AvgIpc) is 3.11. The summed E-state index contributed by atoms with van der Waals surface area (Å²) in [5.74, 6) is -0.980. The molecule has 9 heteroatoms. The molecule has 0 atom stereocenters. The van der Waals surface area contributed by atoms with Crippen molar-refractivity contribution in [1.29, 1.82) is 0 Å². The van der Waals surface area contributed by atoms with Crippen LogP contribution in [0.1, 0.15) is 32.1 Å². The highest BCUT2D eigenvalue weighted by atomic mass is 35.5. The first kappa shape index (κ1) is 19.7. The average molecular weight is 416 g/mol. The van der Waals surface area contributed by atoms with Crippen LogP contribution < -0.4 is 5.32 Å². The lowest BCUT2D eigenvalue weighted by Crippen LogP contribution is -2.15. The van der Waals surface area contributed by atoms with E-state index in [1.165, 1.54) is 12.4 Å². The molecule has 142 valence electrons. The molecule has 0 radical (unpaired) electrons. The summed E-state index contributed by atoms with van der Waals surface area (Å²) < 4.78 is 0. The number of Topliss-reactive ketones (excluding diaryl/α,β-unsaturated/α-hetero) is 1. The number of H-pyrrole nitrogens is 1. The second-order valence-corrected chi connectivity index (χ2v) is 6.67. The number of anilines is 1. The lowest BCUT2D eigenvalue weighted by Gasteiger charge is -2.07. The number of nitrogens with zero attached hydrogens (tertiary/aromatic N) is 3. The Morgan fingerprint density at radius 3 is 2.61 bits per heavy atom. The number of aliphatic imine (C=N–C) groups is 1. The molecule has 1 aromatic carbocycles. The highest BCUT2D eigenvalue weighted by molar-refractivity contribution is 6.41. The van der Waals surface area contributed by atoms with Gasteiger partial charge in [-0.05, 0) is 30.7 Å². The molecular weight excluding hydrogens is 401 g/mol. The number of aromatic amines is 1. The largest absolute Gasteiger partial charge is 0.319 e. The molecule has 0 aliphatic rings. The molecule has 0 bridgehead atoms. The monoisotopic (exact) mass is 415 g/mol. The summed E-state index contributed by atoms with van der Waals surface area (Å²) >= 11 is 12.1. The fraction of sp³-hybridized carbons (Fsp3) is 0.105. The van der Waals surface area contributed by atoms with E-state index in [4.69, 9.17) is 23.2 Å². The standard InChI is InChI=1S/C19H15Cl2N5O2/c1-11-5-6-12(8-23-11)7-22-10-16(27)18-15(9-24-26-18)25-19(28)17-13(20)3-2-4-14(17)21/h2-6,8-10H,7H2,1H3,(H,24,26)(H,25,28). The van der Waals surface area contributed by atoms with Gasteiger partial charge in [0.1, 0.15) is 5.69 Å². The van der Waals surface area contributed by atoms with Crippen LogP contribution in [0.15, 0.2) is 47.7 Å². The number of benzene rings is 1. The lowest BCUT2D eigenvalue weighted by atomic mass is 10.2. The number of rotatable bonds is 6. The van der Waals surface area contributed by atoms with Crippen molar-refractivity contribution in [2.45, 2.75) is 13.5 Å². The Labute approximate surface area is 170 Å². The van der Waals surface area contributed by atoms with Crippen LogP contribution in [0.3, 0.4) is 0 Å². The van der Waals surface area contributed by atoms with Gasteiger partial charge >= 0.3 is 0 Å². The first-order valence-electron chi connectivity index (χ1n) is 8.20. The summed E-state index contributed by atoms with van der Waals surface area (Å²) in [4.78, 5) is 33.2. The van der Waals surface area contributed by atoms with Crippen LogP contribution in [0.5, 0.6) is 0 Å². The van der Waals surface area contributed by atoms with E-state index >= 15 is 0 Å². The van der Waals surface area contributed by atoms with Crippen molar-refractivity contribution < 1.29 is 9.59 Å². The molecule has 3 aromatic rings. The second-order valence-electron chi connectivity index (χ2n) is 5.85. The van der Waals surface area contributed by atoms with E-state index in [2.05, 4.69) is 25.5 Å². The van der Waals surface area contributed by atoms with Gasteiger partial charge in [0.2, 0.25) is 5.78 Å². The van der Waals surface area contributed by atoms with E-state index in [-0.39, 0.29) is 27.0 Å². The summed E-state index contributed by atoms with van der Waals surface area (Å²) in [6.45, 7) is 2.20. The van der Waals surface area contributed by atoms with Crippen LogP contribution in [-0.2, 0) is 6.54 Å². The van der Waals surface area contributed by atoms with Crippen LogP contribution in [0, 0.1) is 6.92 Å². The van der Waals surface area contributed by atoms with Crippen LogP contribution in [0.4, 0.5) is 5.69 Å². The molecule has 3 rings (SSSR count). The van der Waals surface area contributed by atoms with Gasteiger partial charge in [0, 0.05) is 11.9 Å². The molecule has 2 heterocycles. The normalized spacial score (nSPS) is 11.0. The molecule has 7 nitrogen and oxygen atoms in total. The van der Waals surface area contributed by atoms with Crippen molar-refractivity contribution in [1.82, 2.24) is 15.2 Å². The van der Waals surface area contributed by atoms with E-state index in [1.54, 1.807) is 24.4 Å². The molecule has 0 saturated carbocycles. The van der Waals surface area contributed by atoms with Gasteiger partial charge in [-0.1, -0.05) is 35.3 Å². The summed E-state index contributed by atoms with van der Waals surface area (Å²) in [5, 5.41) is 9.37. The van der Waals surface area contributed by atoms with Gasteiger partial charge in [-0.2, -0.15) is 5.10 Å². The number of ketones is 1. The van der Waals surface area contributed by atoms with Crippen molar-refractivity contribution in [3.63, 3.8) is 0 Å². The van der Waals surface area contributed by atoms with E-state index in [0.29, 0.717) is 6.54 Å². The maximum Gasteiger partial charge on any atom is 0.258 e. The molecule has 0 unspecified atom stereocenters. The molecule has 0 aliphatic heterocycles. The number of halogens is 2. The van der Waals surface area contributed by atoms with Crippen LogP contribution in [-0.4, -0.2) is 33.1 Å². The minimum absolute atomic E-state index is 0.0994. The van der Waals surface area contributed by atoms with E-state index < -0.39 is 11.7 Å². The maximum atomic E-state index is 12.5. The quantitative estimate of drug-likeness (QED) is 0.466. The van der Waals surface area contributed by atoms with Crippen LogP contribution in [0.2, 0.25) is 10.0 Å². The smallest absolute Gasteiger partial charge is 0.258 e. The predicted molar refractivity (Wildman–Crippen MR) is 109 cm³/mol. The molecule has 28 heavy (non-hydrogen) atoms. The number of aryl methyl sites for hydroxylation is 1. The zero-order chi connectivity index (χ0) is 20.1. The predicted octanol–water partition coefficient (Wildman–Crippen LogP) is 4.13. The number of carbonyl (C=O) groups excluding carboxylic acids is 2. The summed E-state index contributed by atoms with van der Waals surface area (Å²) in [6, 6.07) is 8.50. The van der Waals surface area contributed by atoms with Crippen molar-refractivity contribution in [2.24, 2.45) is 4.99 Å². The Kier molecular flexibility index (Phi) is 6.18. The molecule has 2 aromatic heterocycles. The Balaban J connectivity index is 1.70. The SMILES string of the molecule is Cc1ccc(CN=CC(=O)c2[nH]ncc2NC(=O)c2c(Cl)cccc2Cl)cn1. The molecule has 1 amide bonds. The number of pyridine rings is 1. The third-order valence-electron chi connectivity index (χ3n) is 3.78. The molecular formula is C19H15Cl2N5O2. The first-order chi connectivity index (χ1) is 13.5. The summed E-state index contributed by atoms with van der Waals surface area (Å²) in [6.07, 6.45) is 4.20. The summed E-state index contributed by atoms with van der Waals surface area (Å²) in [5.41, 5.74) is 2.20. The Hall–Kier alpha value is -3.03. The fourth-order valence-corrected chi connectivity index (χ4v) is 2.93. The fourth-order valence-electron chi connectivity index (χ4n) is 2.36. The highest BCUT2D eigenvalue weighted by Gasteiger charge is 2.19. The molecule has 0 spiro atoms. The van der Waals surface area contributed by atoms with Crippen molar-refractivity contribution >= 4 is 46.8 Å². The molecule has 2 N–H and O–H groups in total. The number of nitrogens with one attached hydrogen (secondary N) is 2. The van der Waals surface area contributed by atoms with Gasteiger partial charge < -0.3 is 5.32 Å². The number of hydrogen-bond donors (Lipinski definition) is 2. The van der Waals surface area contributed by atoms with Crippen LogP contribution >= 0.6 is 23.2 Å². The summed E-state index contributed by atoms with van der Waals surface area (Å²) in [7, 11) is 0. The van der Waals surface area contributed by atoms with Crippen molar-refractivity contribution in [2.75, 3.05) is 5.32 Å². The van der Waals surface area contributed by atoms with E-state index in [0.717, 1.165) is 11.3 Å². The van der Waals surface area contributed by atoms with Crippen molar-refractivity contribution in [3.8, 4) is 0 Å². The van der Waals surface area contributed by atoms with Gasteiger partial charge in [0.15, 0.2) is 0 Å². The van der Waals surface area contributed by atoms with Gasteiger partial charge in [-0.15, -0.1) is 0 Å². The molecule has 0 fully saturated rings. The second kappa shape index (κ2) is 8.77. The van der Waals surface area contributed by atoms with E-state index in [1.807, 2.05) is 19.1 Å². The number of amides is 1. The molecule has 0 saturated heterocycles. The minimum Gasteiger partial charge on any atom is -0.319 e. The molecule has 0 aliphatic carbocycles. The van der Waals surface area contributed by atoms with Gasteiger partial charge in [0.25, 0.3) is 5.91 Å². The third-order valence-corrected chi connectivity index (χ3v) is 4.41. The van der Waals surface area contributed by atoms with Crippen molar-refractivity contribution in [3.05, 3.63) is 75.3 Å². The highest BCUT2D eigenvalue weighted by Crippen LogP contribution is 2.25. The van der Waals surface area contributed by atoms with Gasteiger partial charge in [-0.25, -0.2) is 0 Å². The Morgan fingerprint density at radius 1 is 1.18 bits per heavy atom. The van der Waals surface area contributed by atoms with Gasteiger partial charge in [0.05, 0.1) is 40.3 Å². The van der Waals surface area contributed by atoms with E-state index in [9.17, 15) is 9.59 Å². The third kappa shape index (κ3) is 4.62. The minimum atomic E-state index is -0.547. The lowest BCUT2D eigenvalue weighted by molar-refractivity contribution is 0.102. The first-order valence-corrected chi connectivity index (χ1v) is 8.95. The Morgan fingerprint density at radius 2 is 1.93 bits per heavy atom. The zero-order valence-corrected chi connectivity index (χ0v) is 16.3. The maximum absolute atomic E-state index is 12.5. The number of carbonyl (C=O) groups is 2. The zero-order valence-electron chi connectivity index (χ0n) is 14.7. The van der Waals surface area contributed by atoms with Gasteiger partial charge in [-0.3, -0.25) is 24.7 Å².